The van der Waals surface area contributed by atoms with Crippen LogP contribution in [0.1, 0.15) is 21.6 Å². The van der Waals surface area contributed by atoms with E-state index in [9.17, 15) is 14.9 Å². The molecular weight excluding hydrogens is 456 g/mol. The monoisotopic (exact) mass is 480 g/mol. The van der Waals surface area contributed by atoms with Gasteiger partial charge in [-0.1, -0.05) is 23.7 Å². The number of benzene rings is 2. The molecule has 2 aliphatic heterocycles. The Morgan fingerprint density at radius 1 is 1.12 bits per heavy atom. The topological polar surface area (TPSA) is 98.6 Å². The molecule has 1 aromatic heterocycles. The molecule has 0 aliphatic carbocycles. The molecule has 176 valence electrons. The van der Waals surface area contributed by atoms with Gasteiger partial charge in [0.05, 0.1) is 10.6 Å². The predicted molar refractivity (Wildman–Crippen MR) is 130 cm³/mol. The minimum Gasteiger partial charge on any atom is -0.363 e. The number of nitrogens with one attached hydrogen (secondary N) is 1. The van der Waals surface area contributed by atoms with E-state index < -0.39 is 4.92 Å². The summed E-state index contributed by atoms with van der Waals surface area (Å²) in [6, 6.07) is 12.3. The summed E-state index contributed by atoms with van der Waals surface area (Å²) < 4.78 is 0. The third-order valence-corrected chi connectivity index (χ3v) is 6.82. The van der Waals surface area contributed by atoms with Gasteiger partial charge in [-0.2, -0.15) is 5.10 Å². The lowest BCUT2D eigenvalue weighted by Gasteiger charge is -2.33. The Morgan fingerprint density at radius 2 is 1.91 bits per heavy atom. The largest absolute Gasteiger partial charge is 0.363 e. The van der Waals surface area contributed by atoms with Crippen molar-refractivity contribution in [3.8, 4) is 11.3 Å². The molecule has 0 atom stereocenters. The first-order valence-electron chi connectivity index (χ1n) is 11.2. The number of amides is 1. The first-order valence-corrected chi connectivity index (χ1v) is 11.6. The van der Waals surface area contributed by atoms with E-state index in [1.54, 1.807) is 23.1 Å². The highest BCUT2D eigenvalue weighted by Gasteiger charge is 2.29. The summed E-state index contributed by atoms with van der Waals surface area (Å²) in [6.07, 6.45) is 0.635. The van der Waals surface area contributed by atoms with Crippen LogP contribution in [0, 0.1) is 10.1 Å². The summed E-state index contributed by atoms with van der Waals surface area (Å²) >= 11 is 6.16. The standard InChI is InChI=1S/C24H25ClN6O3/c1-28-9-11-29(12-10-28)21-6-5-17(14-22(21)31(33)34)24(32)30-8-7-20-19(15-30)23(27-26-20)16-3-2-4-18(25)13-16/h2-6,13-14H,7-12,15H2,1H3,(H,26,27). The predicted octanol–water partition coefficient (Wildman–Crippen LogP) is 3.59. The van der Waals surface area contributed by atoms with Crippen LogP contribution in [0.2, 0.25) is 5.02 Å². The number of nitro groups is 1. The van der Waals surface area contributed by atoms with E-state index in [0.29, 0.717) is 48.9 Å². The summed E-state index contributed by atoms with van der Waals surface area (Å²) in [5.74, 6) is -0.225. The lowest BCUT2D eigenvalue weighted by molar-refractivity contribution is -0.384. The van der Waals surface area contributed by atoms with Crippen molar-refractivity contribution in [1.82, 2.24) is 20.0 Å². The normalized spacial score (nSPS) is 16.4. The summed E-state index contributed by atoms with van der Waals surface area (Å²) in [6.45, 7) is 4.00. The zero-order valence-corrected chi connectivity index (χ0v) is 19.6. The number of hydrogen-bond donors (Lipinski definition) is 1. The molecule has 5 rings (SSSR count). The van der Waals surface area contributed by atoms with Gasteiger partial charge in [-0.3, -0.25) is 20.0 Å². The maximum atomic E-state index is 13.4. The summed E-state index contributed by atoms with van der Waals surface area (Å²) in [5.41, 5.74) is 4.45. The van der Waals surface area contributed by atoms with Crippen molar-refractivity contribution in [3.63, 3.8) is 0 Å². The molecule has 2 aliphatic rings. The van der Waals surface area contributed by atoms with Crippen molar-refractivity contribution in [1.29, 1.82) is 0 Å². The number of aromatic nitrogens is 2. The number of H-pyrrole nitrogens is 1. The number of nitro benzene ring substituents is 1. The minimum atomic E-state index is -0.397. The van der Waals surface area contributed by atoms with Crippen LogP contribution in [0.15, 0.2) is 42.5 Å². The fraction of sp³-hybridized carbons (Fsp3) is 0.333. The second kappa shape index (κ2) is 9.08. The van der Waals surface area contributed by atoms with Crippen molar-refractivity contribution >= 4 is 28.9 Å². The van der Waals surface area contributed by atoms with Gasteiger partial charge >= 0.3 is 0 Å². The number of carbonyl (C=O) groups excluding carboxylic acids is 1. The Labute approximate surface area is 202 Å². The van der Waals surface area contributed by atoms with E-state index in [1.165, 1.54) is 6.07 Å². The number of anilines is 1. The SMILES string of the molecule is CN1CCN(c2ccc(C(=O)N3CCc4[nH]nc(-c5cccc(Cl)c5)c4C3)cc2[N+](=O)[O-])CC1. The molecule has 1 saturated heterocycles. The Hall–Kier alpha value is -3.43. The average molecular weight is 481 g/mol. The van der Waals surface area contributed by atoms with E-state index >= 15 is 0 Å². The Morgan fingerprint density at radius 3 is 2.65 bits per heavy atom. The number of aromatic amines is 1. The van der Waals surface area contributed by atoms with Gasteiger partial charge in [-0.05, 0) is 31.3 Å². The first kappa shape index (κ1) is 22.4. The number of likely N-dealkylation sites (N-methyl/N-ethyl adjacent to an activating group) is 1. The quantitative estimate of drug-likeness (QED) is 0.452. The minimum absolute atomic E-state index is 0.0315. The molecule has 0 spiro atoms. The molecule has 34 heavy (non-hydrogen) atoms. The van der Waals surface area contributed by atoms with E-state index in [4.69, 9.17) is 11.6 Å². The number of fused-ring (bicyclic) bond motifs is 1. The Kier molecular flexibility index (Phi) is 5.97. The number of rotatable bonds is 4. The summed E-state index contributed by atoms with van der Waals surface area (Å²) in [4.78, 5) is 30.8. The Balaban J connectivity index is 1.40. The maximum absolute atomic E-state index is 13.4. The molecule has 2 aromatic carbocycles. The van der Waals surface area contributed by atoms with Crippen LogP contribution in [-0.2, 0) is 13.0 Å². The smallest absolute Gasteiger partial charge is 0.293 e. The molecule has 1 amide bonds. The lowest BCUT2D eigenvalue weighted by Crippen LogP contribution is -2.44. The van der Waals surface area contributed by atoms with Crippen molar-refractivity contribution in [3.05, 3.63) is 74.4 Å². The van der Waals surface area contributed by atoms with E-state index in [1.807, 2.05) is 30.1 Å². The first-order chi connectivity index (χ1) is 16.4. The molecule has 3 aromatic rings. The van der Waals surface area contributed by atoms with Crippen LogP contribution in [0.5, 0.6) is 0 Å². The molecule has 1 N–H and O–H groups in total. The van der Waals surface area contributed by atoms with E-state index in [2.05, 4.69) is 15.1 Å². The van der Waals surface area contributed by atoms with Crippen molar-refractivity contribution < 1.29 is 9.72 Å². The van der Waals surface area contributed by atoms with Crippen molar-refractivity contribution in [2.24, 2.45) is 0 Å². The second-order valence-corrected chi connectivity index (χ2v) is 9.20. The van der Waals surface area contributed by atoms with Crippen LogP contribution in [0.4, 0.5) is 11.4 Å². The highest BCUT2D eigenvalue weighted by Crippen LogP contribution is 2.33. The van der Waals surface area contributed by atoms with Gasteiger partial charge in [0.1, 0.15) is 5.69 Å². The zero-order chi connectivity index (χ0) is 23.8. The highest BCUT2D eigenvalue weighted by atomic mass is 35.5. The Bertz CT molecular complexity index is 1250. The summed E-state index contributed by atoms with van der Waals surface area (Å²) in [7, 11) is 2.04. The van der Waals surface area contributed by atoms with Gasteiger partial charge in [-0.15, -0.1) is 0 Å². The maximum Gasteiger partial charge on any atom is 0.293 e. The number of halogens is 1. The van der Waals surface area contributed by atoms with Gasteiger partial charge in [0.15, 0.2) is 0 Å². The number of nitrogens with zero attached hydrogens (tertiary/aromatic N) is 5. The molecular formula is C24H25ClN6O3. The molecule has 0 radical (unpaired) electrons. The molecule has 10 heteroatoms. The van der Waals surface area contributed by atoms with Crippen molar-refractivity contribution in [2.75, 3.05) is 44.7 Å². The molecule has 0 bridgehead atoms. The molecule has 0 unspecified atom stereocenters. The van der Waals surface area contributed by atoms with Gasteiger partial charge in [-0.25, -0.2) is 0 Å². The van der Waals surface area contributed by atoms with Gasteiger partial charge in [0.2, 0.25) is 0 Å². The van der Waals surface area contributed by atoms with Gasteiger partial charge < -0.3 is 14.7 Å². The average Bonchev–Trinajstić information content (AvgIpc) is 3.27. The van der Waals surface area contributed by atoms with Crippen LogP contribution in [0.3, 0.4) is 0 Å². The molecule has 3 heterocycles. The van der Waals surface area contributed by atoms with Crippen LogP contribution >= 0.6 is 11.6 Å². The second-order valence-electron chi connectivity index (χ2n) is 8.77. The van der Waals surface area contributed by atoms with Crippen LogP contribution in [0.25, 0.3) is 11.3 Å². The van der Waals surface area contributed by atoms with E-state index in [0.717, 1.165) is 35.6 Å². The fourth-order valence-electron chi connectivity index (χ4n) is 4.64. The highest BCUT2D eigenvalue weighted by molar-refractivity contribution is 6.30. The fourth-order valence-corrected chi connectivity index (χ4v) is 4.83. The lowest BCUT2D eigenvalue weighted by atomic mass is 10.00. The third-order valence-electron chi connectivity index (χ3n) is 6.58. The number of carbonyl (C=O) groups is 1. The van der Waals surface area contributed by atoms with Crippen LogP contribution in [-0.4, -0.2) is 70.6 Å². The summed E-state index contributed by atoms with van der Waals surface area (Å²) in [5, 5.41) is 20.0. The van der Waals surface area contributed by atoms with Crippen LogP contribution < -0.4 is 4.90 Å². The molecule has 0 saturated carbocycles. The van der Waals surface area contributed by atoms with E-state index in [-0.39, 0.29) is 11.6 Å². The van der Waals surface area contributed by atoms with Gasteiger partial charge in [0, 0.05) is 79.2 Å². The number of hydrogen-bond acceptors (Lipinski definition) is 6. The van der Waals surface area contributed by atoms with Gasteiger partial charge in [0.25, 0.3) is 11.6 Å². The molecule has 1 fully saturated rings. The number of piperazine rings is 1. The molecule has 9 nitrogen and oxygen atoms in total. The third kappa shape index (κ3) is 4.24. The zero-order valence-electron chi connectivity index (χ0n) is 18.8. The van der Waals surface area contributed by atoms with Crippen molar-refractivity contribution in [2.45, 2.75) is 13.0 Å².